The molecule has 1 atom stereocenters. The van der Waals surface area contributed by atoms with E-state index in [1.165, 1.54) is 12.1 Å². The number of hydrogen-bond acceptors (Lipinski definition) is 2. The molecule has 1 aromatic carbocycles. The van der Waals surface area contributed by atoms with Crippen molar-refractivity contribution in [3.8, 4) is 0 Å². The highest BCUT2D eigenvalue weighted by atomic mass is 19.4. The van der Waals surface area contributed by atoms with E-state index in [0.717, 1.165) is 51.4 Å². The van der Waals surface area contributed by atoms with E-state index in [2.05, 4.69) is 37.9 Å². The van der Waals surface area contributed by atoms with Crippen LogP contribution in [0.1, 0.15) is 58.9 Å². The molecule has 0 amide bonds. The van der Waals surface area contributed by atoms with Gasteiger partial charge in [0.05, 0.1) is 5.56 Å². The smallest absolute Gasteiger partial charge is 0.371 e. The lowest BCUT2D eigenvalue weighted by atomic mass is 9.91. The SMILES string of the molecule is CCCN(CCC(C)(CCC)NCC)c1cccc(C(F)(F)F)c1. The van der Waals surface area contributed by atoms with Crippen LogP contribution >= 0.6 is 0 Å². The number of halogens is 3. The molecule has 0 aliphatic rings. The van der Waals surface area contributed by atoms with Crippen LogP contribution in [0.25, 0.3) is 0 Å². The van der Waals surface area contributed by atoms with Crippen molar-refractivity contribution in [1.29, 1.82) is 0 Å². The zero-order valence-electron chi connectivity index (χ0n) is 15.3. The Morgan fingerprint density at radius 3 is 2.25 bits per heavy atom. The first kappa shape index (κ1) is 20.8. The highest BCUT2D eigenvalue weighted by molar-refractivity contribution is 5.49. The fraction of sp³-hybridized carbons (Fsp3) is 0.684. The van der Waals surface area contributed by atoms with Gasteiger partial charge in [0, 0.05) is 24.3 Å². The normalized spacial score (nSPS) is 14.5. The van der Waals surface area contributed by atoms with Crippen LogP contribution in [0, 0.1) is 0 Å². The summed E-state index contributed by atoms with van der Waals surface area (Å²) in [5.41, 5.74) is 0.100. The van der Waals surface area contributed by atoms with Crippen LogP contribution in [0.3, 0.4) is 0 Å². The number of rotatable bonds is 10. The molecular formula is C19H31F3N2. The van der Waals surface area contributed by atoms with Gasteiger partial charge in [-0.3, -0.25) is 0 Å². The number of hydrogen-bond donors (Lipinski definition) is 1. The maximum atomic E-state index is 13.0. The fourth-order valence-corrected chi connectivity index (χ4v) is 3.18. The molecule has 0 saturated carbocycles. The molecule has 1 aromatic rings. The van der Waals surface area contributed by atoms with E-state index in [-0.39, 0.29) is 5.54 Å². The molecule has 0 fully saturated rings. The van der Waals surface area contributed by atoms with Crippen LogP contribution in [0.4, 0.5) is 18.9 Å². The second-order valence-corrected chi connectivity index (χ2v) is 6.63. The van der Waals surface area contributed by atoms with E-state index in [1.54, 1.807) is 6.07 Å². The molecule has 0 heterocycles. The minimum Gasteiger partial charge on any atom is -0.371 e. The lowest BCUT2D eigenvalue weighted by Crippen LogP contribution is -2.45. The number of alkyl halides is 3. The average molecular weight is 344 g/mol. The van der Waals surface area contributed by atoms with Gasteiger partial charge >= 0.3 is 6.18 Å². The quantitative estimate of drug-likeness (QED) is 0.604. The van der Waals surface area contributed by atoms with E-state index in [1.807, 2.05) is 0 Å². The Labute approximate surface area is 144 Å². The Hall–Kier alpha value is -1.23. The van der Waals surface area contributed by atoms with Crippen molar-refractivity contribution in [1.82, 2.24) is 5.32 Å². The first-order chi connectivity index (χ1) is 11.3. The Balaban J connectivity index is 2.91. The van der Waals surface area contributed by atoms with E-state index in [0.29, 0.717) is 5.69 Å². The van der Waals surface area contributed by atoms with E-state index < -0.39 is 11.7 Å². The minimum atomic E-state index is -4.30. The molecule has 0 aliphatic carbocycles. The second kappa shape index (κ2) is 9.30. The summed E-state index contributed by atoms with van der Waals surface area (Å²) in [6.07, 6.45) is -0.342. The Morgan fingerprint density at radius 1 is 1.00 bits per heavy atom. The van der Waals surface area contributed by atoms with Crippen molar-refractivity contribution in [3.63, 3.8) is 0 Å². The molecule has 24 heavy (non-hydrogen) atoms. The lowest BCUT2D eigenvalue weighted by Gasteiger charge is -2.34. The summed E-state index contributed by atoms with van der Waals surface area (Å²) in [6, 6.07) is 5.67. The molecule has 0 aliphatic heterocycles. The van der Waals surface area contributed by atoms with Crippen LogP contribution in [0.2, 0.25) is 0 Å². The van der Waals surface area contributed by atoms with E-state index in [4.69, 9.17) is 0 Å². The molecule has 0 saturated heterocycles. The van der Waals surface area contributed by atoms with Gasteiger partial charge in [-0.05, 0) is 50.9 Å². The molecule has 1 N–H and O–H groups in total. The van der Waals surface area contributed by atoms with Crippen molar-refractivity contribution >= 4 is 5.69 Å². The predicted octanol–water partition coefficient (Wildman–Crippen LogP) is 5.48. The number of anilines is 1. The fourth-order valence-electron chi connectivity index (χ4n) is 3.18. The van der Waals surface area contributed by atoms with Gasteiger partial charge in [0.25, 0.3) is 0 Å². The molecule has 0 bridgehead atoms. The maximum Gasteiger partial charge on any atom is 0.416 e. The third-order valence-electron chi connectivity index (χ3n) is 4.37. The van der Waals surface area contributed by atoms with Gasteiger partial charge in [-0.25, -0.2) is 0 Å². The largest absolute Gasteiger partial charge is 0.416 e. The molecule has 1 rings (SSSR count). The van der Waals surface area contributed by atoms with Crippen LogP contribution in [-0.2, 0) is 6.18 Å². The van der Waals surface area contributed by atoms with Gasteiger partial charge in [0.15, 0.2) is 0 Å². The van der Waals surface area contributed by atoms with E-state index >= 15 is 0 Å². The first-order valence-electron chi connectivity index (χ1n) is 8.93. The zero-order chi connectivity index (χ0) is 18.2. The topological polar surface area (TPSA) is 15.3 Å². The standard InChI is InChI=1S/C19H31F3N2/c1-5-11-18(4,23-7-3)12-14-24(13-6-2)17-10-8-9-16(15-17)19(20,21)22/h8-10,15,23H,5-7,11-14H2,1-4H3. The maximum absolute atomic E-state index is 13.0. The molecule has 138 valence electrons. The summed E-state index contributed by atoms with van der Waals surface area (Å²) in [7, 11) is 0. The lowest BCUT2D eigenvalue weighted by molar-refractivity contribution is -0.137. The molecule has 0 spiro atoms. The Kier molecular flexibility index (Phi) is 8.07. The van der Waals surface area contributed by atoms with Crippen molar-refractivity contribution in [2.75, 3.05) is 24.5 Å². The van der Waals surface area contributed by atoms with Crippen molar-refractivity contribution in [2.24, 2.45) is 0 Å². The summed E-state index contributed by atoms with van der Waals surface area (Å²) in [5, 5.41) is 3.54. The third kappa shape index (κ3) is 6.34. The third-order valence-corrected chi connectivity index (χ3v) is 4.37. The molecule has 1 unspecified atom stereocenters. The molecular weight excluding hydrogens is 313 g/mol. The highest BCUT2D eigenvalue weighted by Gasteiger charge is 2.31. The average Bonchev–Trinajstić information content (AvgIpc) is 2.51. The summed E-state index contributed by atoms with van der Waals surface area (Å²) in [5.74, 6) is 0. The van der Waals surface area contributed by atoms with Crippen LogP contribution in [0.5, 0.6) is 0 Å². The summed E-state index contributed by atoms with van der Waals surface area (Å²) >= 11 is 0. The van der Waals surface area contributed by atoms with Gasteiger partial charge in [-0.1, -0.05) is 33.3 Å². The van der Waals surface area contributed by atoms with Gasteiger partial charge in [-0.2, -0.15) is 13.2 Å². The molecule has 2 nitrogen and oxygen atoms in total. The molecule has 0 radical (unpaired) electrons. The highest BCUT2D eigenvalue weighted by Crippen LogP contribution is 2.32. The monoisotopic (exact) mass is 344 g/mol. The van der Waals surface area contributed by atoms with Crippen LogP contribution in [-0.4, -0.2) is 25.2 Å². The Bertz CT molecular complexity index is 480. The summed E-state index contributed by atoms with van der Waals surface area (Å²) < 4.78 is 38.9. The van der Waals surface area contributed by atoms with E-state index in [9.17, 15) is 13.2 Å². The zero-order valence-corrected chi connectivity index (χ0v) is 15.3. The van der Waals surface area contributed by atoms with Gasteiger partial charge < -0.3 is 10.2 Å². The van der Waals surface area contributed by atoms with Crippen molar-refractivity contribution < 1.29 is 13.2 Å². The number of nitrogens with one attached hydrogen (secondary N) is 1. The molecule has 5 heteroatoms. The van der Waals surface area contributed by atoms with Crippen molar-refractivity contribution in [2.45, 2.75) is 65.1 Å². The predicted molar refractivity (Wildman–Crippen MR) is 95.6 cm³/mol. The van der Waals surface area contributed by atoms with Crippen molar-refractivity contribution in [3.05, 3.63) is 29.8 Å². The molecule has 0 aromatic heterocycles. The Morgan fingerprint density at radius 2 is 1.71 bits per heavy atom. The number of nitrogens with zero attached hydrogens (tertiary/aromatic N) is 1. The second-order valence-electron chi connectivity index (χ2n) is 6.63. The summed E-state index contributed by atoms with van der Waals surface area (Å²) in [6.45, 7) is 10.9. The number of benzene rings is 1. The minimum absolute atomic E-state index is 0.0249. The van der Waals surface area contributed by atoms with Crippen LogP contribution < -0.4 is 10.2 Å². The summed E-state index contributed by atoms with van der Waals surface area (Å²) in [4.78, 5) is 2.07. The van der Waals surface area contributed by atoms with Gasteiger partial charge in [0.1, 0.15) is 0 Å². The van der Waals surface area contributed by atoms with Crippen LogP contribution in [0.15, 0.2) is 24.3 Å². The van der Waals surface area contributed by atoms with Gasteiger partial charge in [-0.15, -0.1) is 0 Å². The van der Waals surface area contributed by atoms with Gasteiger partial charge in [0.2, 0.25) is 0 Å². The first-order valence-corrected chi connectivity index (χ1v) is 8.93.